The van der Waals surface area contributed by atoms with Crippen LogP contribution in [0.15, 0.2) is 120 Å². The van der Waals surface area contributed by atoms with E-state index in [1.54, 1.807) is 13.8 Å². The quantitative estimate of drug-likeness (QED) is 0.175. The lowest BCUT2D eigenvalue weighted by molar-refractivity contribution is -0.381. The maximum atomic E-state index is 15.3. The Kier molecular flexibility index (Phi) is 9.16. The minimum Gasteiger partial charge on any atom is -0.322 e. The predicted molar refractivity (Wildman–Crippen MR) is 177 cm³/mol. The number of hydrogen-bond donors (Lipinski definition) is 1. The molecule has 0 spiro atoms. The molecule has 1 N–H and O–H groups in total. The van der Waals surface area contributed by atoms with Gasteiger partial charge in [-0.25, -0.2) is 24.1 Å². The molecule has 2 aliphatic heterocycles. The molecule has 3 aromatic carbocycles. The van der Waals surface area contributed by atoms with Crippen LogP contribution in [0, 0.1) is 0 Å². The molecule has 0 saturated carbocycles. The van der Waals surface area contributed by atoms with Crippen molar-refractivity contribution in [3.63, 3.8) is 0 Å². The molecule has 47 heavy (non-hydrogen) atoms. The molecule has 1 saturated heterocycles. The average molecular weight is 674 g/mol. The van der Waals surface area contributed by atoms with Gasteiger partial charge in [0.15, 0.2) is 47.9 Å². The van der Waals surface area contributed by atoms with Gasteiger partial charge in [0.25, 0.3) is 6.35 Å². The lowest BCUT2D eigenvalue weighted by Gasteiger charge is -2.36. The topological polar surface area (TPSA) is 122 Å². The number of fused-ring (bicyclic) bond motifs is 1. The molecule has 4 unspecified atom stereocenters. The smallest absolute Gasteiger partial charge is 0.322 e. The van der Waals surface area contributed by atoms with Gasteiger partial charge < -0.3 is 18.9 Å². The van der Waals surface area contributed by atoms with E-state index < -0.39 is 39.6 Å². The predicted octanol–water partition coefficient (Wildman–Crippen LogP) is 5.76. The Morgan fingerprint density at radius 2 is 1.53 bits per heavy atom. The van der Waals surface area contributed by atoms with Crippen molar-refractivity contribution in [1.29, 1.82) is 0 Å². The molecule has 0 aliphatic carbocycles. The highest BCUT2D eigenvalue weighted by molar-refractivity contribution is 7.87. The molecule has 4 atom stereocenters. The van der Waals surface area contributed by atoms with E-state index in [9.17, 15) is 4.57 Å². The Balaban J connectivity index is 1.20. The molecule has 5 aromatic rings. The highest BCUT2D eigenvalue weighted by Gasteiger charge is 2.38. The molecule has 14 heteroatoms. The van der Waals surface area contributed by atoms with Crippen LogP contribution in [0.25, 0.3) is 11.2 Å². The summed E-state index contributed by atoms with van der Waals surface area (Å²) in [7, 11) is -4.65. The van der Waals surface area contributed by atoms with E-state index >= 15 is 4.39 Å². The van der Waals surface area contributed by atoms with Crippen LogP contribution < -0.4 is 21.0 Å². The fourth-order valence-electron chi connectivity index (χ4n) is 5.60. The minimum absolute atomic E-state index is 0.205. The van der Waals surface area contributed by atoms with E-state index in [0.717, 1.165) is 15.9 Å². The molecular formula is C33H32FN6O5P2+. The number of halogens is 1. The summed E-state index contributed by atoms with van der Waals surface area (Å²) in [5.41, 5.74) is 0.744. The van der Waals surface area contributed by atoms with Crippen LogP contribution in [0.5, 0.6) is 0 Å². The zero-order chi connectivity index (χ0) is 32.4. The standard InChI is InChI=1S/C33H32FN6O5P2/c1-22(33-43-23(2)44-33)38-46(41)21-42-28-18-27(34)32(45-28)40-20-37-29-30(35-19-36-31(29)40)39-47(24-12-6-3-7-13-24,25-14-8-4-9-15-25)26-16-10-5-11-17-26/h3-20,22-23,28,32-33H,21H2,1-2H3,(H,38,41)/q+1. The fourth-order valence-corrected chi connectivity index (χ4v) is 10.0. The number of ether oxygens (including phenoxy) is 4. The van der Waals surface area contributed by atoms with E-state index in [-0.39, 0.29) is 18.7 Å². The van der Waals surface area contributed by atoms with E-state index in [1.807, 2.05) is 54.6 Å². The van der Waals surface area contributed by atoms with Gasteiger partial charge in [-0.15, -0.1) is 0 Å². The van der Waals surface area contributed by atoms with Crippen molar-refractivity contribution < 1.29 is 27.9 Å². The van der Waals surface area contributed by atoms with Gasteiger partial charge in [0, 0.05) is 22.0 Å². The SMILES string of the molecule is CC1OC(C(C)N[P+](=O)COC2C=C(F)C(n3cnc4c(N=P(c5ccccc5)(c5ccccc5)c5ccccc5)ncnc43)O2)O1. The summed E-state index contributed by atoms with van der Waals surface area (Å²) in [4.78, 5) is 13.6. The number of rotatable bonds is 11. The van der Waals surface area contributed by atoms with Crippen LogP contribution in [0.1, 0.15) is 20.1 Å². The van der Waals surface area contributed by atoms with Crippen molar-refractivity contribution >= 4 is 47.9 Å². The van der Waals surface area contributed by atoms with Crippen molar-refractivity contribution in [3.8, 4) is 0 Å². The molecule has 0 bridgehead atoms. The highest BCUT2D eigenvalue weighted by Crippen LogP contribution is 2.49. The number of nitrogens with one attached hydrogen (secondary N) is 1. The summed E-state index contributed by atoms with van der Waals surface area (Å²) >= 11 is 0. The molecule has 2 aromatic heterocycles. The molecule has 240 valence electrons. The summed E-state index contributed by atoms with van der Waals surface area (Å²) in [6, 6.07) is 30.2. The fraction of sp³-hybridized carbons (Fsp3) is 0.242. The third-order valence-corrected chi connectivity index (χ3v) is 12.5. The molecular weight excluding hydrogens is 641 g/mol. The summed E-state index contributed by atoms with van der Waals surface area (Å²) < 4.78 is 57.1. The van der Waals surface area contributed by atoms with Gasteiger partial charge in [0.05, 0.1) is 19.4 Å². The number of hydrogen-bond acceptors (Lipinski definition) is 9. The Morgan fingerprint density at radius 1 is 0.936 bits per heavy atom. The number of imidazole rings is 1. The van der Waals surface area contributed by atoms with Gasteiger partial charge in [0.1, 0.15) is 6.33 Å². The molecule has 2 aliphatic rings. The Labute approximate surface area is 271 Å². The molecule has 0 amide bonds. The lowest BCUT2D eigenvalue weighted by atomic mass is 10.3. The normalized spacial score (nSPS) is 22.0. The van der Waals surface area contributed by atoms with Gasteiger partial charge in [-0.05, 0) is 18.4 Å². The third kappa shape index (κ3) is 6.34. The number of nitrogens with zero attached hydrogens (tertiary/aromatic N) is 5. The van der Waals surface area contributed by atoms with Gasteiger partial charge in [-0.2, -0.15) is 0 Å². The maximum Gasteiger partial charge on any atom is 0.461 e. The summed E-state index contributed by atoms with van der Waals surface area (Å²) in [6.07, 6.45) is 0.821. The van der Waals surface area contributed by atoms with Gasteiger partial charge in [-0.3, -0.25) is 4.57 Å². The van der Waals surface area contributed by atoms with Crippen LogP contribution in [0.2, 0.25) is 0 Å². The maximum absolute atomic E-state index is 15.3. The van der Waals surface area contributed by atoms with Crippen molar-refractivity contribution in [2.75, 3.05) is 6.35 Å². The first-order chi connectivity index (χ1) is 22.9. The second-order valence-corrected chi connectivity index (χ2v) is 15.3. The van der Waals surface area contributed by atoms with Crippen LogP contribution in [0.4, 0.5) is 10.2 Å². The molecule has 11 nitrogen and oxygen atoms in total. The van der Waals surface area contributed by atoms with Crippen LogP contribution in [-0.2, 0) is 23.5 Å². The van der Waals surface area contributed by atoms with E-state index in [4.69, 9.17) is 23.7 Å². The minimum atomic E-state index is -2.65. The van der Waals surface area contributed by atoms with E-state index in [1.165, 1.54) is 23.3 Å². The van der Waals surface area contributed by atoms with Gasteiger partial charge >= 0.3 is 7.95 Å². The summed E-state index contributed by atoms with van der Waals surface area (Å²) in [5, 5.41) is 6.01. The van der Waals surface area contributed by atoms with Crippen LogP contribution in [-0.4, -0.2) is 50.8 Å². The number of aromatic nitrogens is 4. The monoisotopic (exact) mass is 673 g/mol. The van der Waals surface area contributed by atoms with E-state index in [2.05, 4.69) is 56.4 Å². The van der Waals surface area contributed by atoms with Crippen molar-refractivity contribution in [3.05, 3.63) is 116 Å². The largest absolute Gasteiger partial charge is 0.461 e. The number of benzene rings is 3. The lowest BCUT2D eigenvalue weighted by Crippen LogP contribution is -2.49. The highest BCUT2D eigenvalue weighted by atomic mass is 31.2. The molecule has 0 radical (unpaired) electrons. The van der Waals surface area contributed by atoms with Crippen LogP contribution >= 0.6 is 15.0 Å². The van der Waals surface area contributed by atoms with Gasteiger partial charge in [-0.1, -0.05) is 96.1 Å². The Bertz CT molecular complexity index is 1850. The molecule has 4 heterocycles. The second-order valence-electron chi connectivity index (χ2n) is 11.0. The zero-order valence-electron chi connectivity index (χ0n) is 25.5. The second kappa shape index (κ2) is 13.6. The Hall–Kier alpha value is -3.99. The average Bonchev–Trinajstić information content (AvgIpc) is 3.69. The van der Waals surface area contributed by atoms with E-state index in [0.29, 0.717) is 17.0 Å². The Morgan fingerprint density at radius 3 is 2.11 bits per heavy atom. The van der Waals surface area contributed by atoms with Gasteiger partial charge in [0.2, 0.25) is 0 Å². The third-order valence-electron chi connectivity index (χ3n) is 7.78. The summed E-state index contributed by atoms with van der Waals surface area (Å²) in [5.74, 6) is -0.215. The first kappa shape index (κ1) is 31.6. The van der Waals surface area contributed by atoms with Crippen molar-refractivity contribution in [2.45, 2.75) is 45.0 Å². The first-order valence-corrected chi connectivity index (χ1v) is 18.2. The first-order valence-electron chi connectivity index (χ1n) is 15.0. The molecule has 1 fully saturated rings. The molecule has 7 rings (SSSR count). The van der Waals surface area contributed by atoms with Crippen molar-refractivity contribution in [2.24, 2.45) is 4.74 Å². The van der Waals surface area contributed by atoms with Crippen LogP contribution in [0.3, 0.4) is 0 Å². The van der Waals surface area contributed by atoms with Crippen molar-refractivity contribution in [1.82, 2.24) is 24.6 Å². The zero-order valence-corrected chi connectivity index (χ0v) is 27.3. The summed E-state index contributed by atoms with van der Waals surface area (Å²) in [6.45, 7) is 3.57.